The number of fused-ring (bicyclic) bond motifs is 6. The third-order valence-corrected chi connectivity index (χ3v) is 11.5. The van der Waals surface area contributed by atoms with E-state index in [9.17, 15) is 0 Å². The van der Waals surface area contributed by atoms with Gasteiger partial charge in [0, 0.05) is 39.0 Å². The van der Waals surface area contributed by atoms with Gasteiger partial charge < -0.3 is 0 Å². The number of hydrogen-bond donors (Lipinski definition) is 0. The standard InChI is InChI=1S/C45H35N3S/c1-3-25-45(4-2)38-17-7-5-13-35(38)36-16-10-15-34(40(36)45)30-21-19-29(20-22-30)32-11-9-12-33(28-32)44-47-41(31-23-26-46-27-24-31)43-42(48-44)37-14-6-8-18-39(37)49-43/h5-24,26-28H,3-4,25H2,1-2H3. The van der Waals surface area contributed by atoms with E-state index < -0.39 is 0 Å². The highest BCUT2D eigenvalue weighted by molar-refractivity contribution is 7.26. The Morgan fingerprint density at radius 2 is 1.31 bits per heavy atom. The third-order valence-electron chi connectivity index (χ3n) is 10.4. The van der Waals surface area contributed by atoms with Crippen LogP contribution in [0.3, 0.4) is 0 Å². The van der Waals surface area contributed by atoms with Crippen molar-refractivity contribution in [1.82, 2.24) is 15.0 Å². The second-order valence-electron chi connectivity index (χ2n) is 13.0. The minimum absolute atomic E-state index is 0.0360. The van der Waals surface area contributed by atoms with E-state index in [0.717, 1.165) is 63.1 Å². The molecule has 236 valence electrons. The molecular weight excluding hydrogens is 615 g/mol. The molecule has 1 atom stereocenters. The Balaban J connectivity index is 1.12. The Kier molecular flexibility index (Phi) is 7.21. The van der Waals surface area contributed by atoms with Gasteiger partial charge in [-0.25, -0.2) is 9.97 Å². The maximum absolute atomic E-state index is 5.18. The number of rotatable bonds is 7. The van der Waals surface area contributed by atoms with Crippen LogP contribution in [0.5, 0.6) is 0 Å². The fourth-order valence-electron chi connectivity index (χ4n) is 8.14. The minimum atomic E-state index is 0.0360. The molecule has 5 aromatic carbocycles. The number of hydrogen-bond acceptors (Lipinski definition) is 4. The molecule has 3 heterocycles. The normalized spacial score (nSPS) is 15.1. The summed E-state index contributed by atoms with van der Waals surface area (Å²) >= 11 is 1.75. The van der Waals surface area contributed by atoms with Gasteiger partial charge in [0.05, 0.1) is 15.9 Å². The van der Waals surface area contributed by atoms with Crippen molar-refractivity contribution >= 4 is 31.6 Å². The largest absolute Gasteiger partial charge is 0.265 e. The summed E-state index contributed by atoms with van der Waals surface area (Å²) in [5, 5.41) is 1.16. The first-order chi connectivity index (χ1) is 24.2. The van der Waals surface area contributed by atoms with Crippen LogP contribution >= 0.6 is 11.3 Å². The van der Waals surface area contributed by atoms with Crippen LogP contribution in [0.4, 0.5) is 0 Å². The van der Waals surface area contributed by atoms with Crippen LogP contribution in [0, 0.1) is 0 Å². The van der Waals surface area contributed by atoms with E-state index in [1.165, 1.54) is 43.6 Å². The second kappa shape index (κ2) is 11.9. The van der Waals surface area contributed by atoms with E-state index in [0.29, 0.717) is 0 Å². The minimum Gasteiger partial charge on any atom is -0.265 e. The molecule has 8 aromatic rings. The van der Waals surface area contributed by atoms with Crippen LogP contribution in [0.15, 0.2) is 140 Å². The number of pyridine rings is 1. The van der Waals surface area contributed by atoms with E-state index in [1.807, 2.05) is 24.5 Å². The molecule has 0 spiro atoms. The van der Waals surface area contributed by atoms with Crippen molar-refractivity contribution in [3.63, 3.8) is 0 Å². The lowest BCUT2D eigenvalue weighted by atomic mass is 9.70. The molecule has 49 heavy (non-hydrogen) atoms. The molecule has 4 heteroatoms. The molecule has 1 unspecified atom stereocenters. The van der Waals surface area contributed by atoms with Crippen molar-refractivity contribution < 1.29 is 0 Å². The van der Waals surface area contributed by atoms with Gasteiger partial charge >= 0.3 is 0 Å². The van der Waals surface area contributed by atoms with Crippen LogP contribution in [0.1, 0.15) is 44.2 Å². The van der Waals surface area contributed by atoms with Gasteiger partial charge in [0.2, 0.25) is 0 Å². The zero-order chi connectivity index (χ0) is 33.0. The smallest absolute Gasteiger partial charge is 0.160 e. The average Bonchev–Trinajstić information content (AvgIpc) is 3.69. The lowest BCUT2D eigenvalue weighted by molar-refractivity contribution is 0.462. The molecule has 3 nitrogen and oxygen atoms in total. The molecule has 1 aliphatic carbocycles. The molecular formula is C45H35N3S. The van der Waals surface area contributed by atoms with Crippen LogP contribution in [-0.4, -0.2) is 15.0 Å². The van der Waals surface area contributed by atoms with Gasteiger partial charge in [-0.05, 0) is 81.6 Å². The Bertz CT molecular complexity index is 2500. The molecule has 0 saturated carbocycles. The first-order valence-corrected chi connectivity index (χ1v) is 18.0. The average molecular weight is 650 g/mol. The highest BCUT2D eigenvalue weighted by atomic mass is 32.1. The Labute approximate surface area is 291 Å². The van der Waals surface area contributed by atoms with Gasteiger partial charge in [0.1, 0.15) is 0 Å². The van der Waals surface area contributed by atoms with E-state index >= 15 is 0 Å². The molecule has 3 aromatic heterocycles. The summed E-state index contributed by atoms with van der Waals surface area (Å²) < 4.78 is 2.32. The zero-order valence-electron chi connectivity index (χ0n) is 27.7. The Hall–Kier alpha value is -5.45. The van der Waals surface area contributed by atoms with Gasteiger partial charge in [-0.3, -0.25) is 4.98 Å². The first-order valence-electron chi connectivity index (χ1n) is 17.2. The fourth-order valence-corrected chi connectivity index (χ4v) is 9.29. The summed E-state index contributed by atoms with van der Waals surface area (Å²) in [5.74, 6) is 0.729. The molecule has 0 aliphatic heterocycles. The molecule has 0 fully saturated rings. The summed E-state index contributed by atoms with van der Waals surface area (Å²) in [6, 6.07) is 46.3. The summed E-state index contributed by atoms with van der Waals surface area (Å²) in [6.45, 7) is 4.67. The number of benzene rings is 5. The summed E-state index contributed by atoms with van der Waals surface area (Å²) in [4.78, 5) is 14.6. The van der Waals surface area contributed by atoms with Gasteiger partial charge in [-0.2, -0.15) is 0 Å². The molecule has 0 bridgehead atoms. The predicted molar refractivity (Wildman–Crippen MR) is 206 cm³/mol. The lowest BCUT2D eigenvalue weighted by Gasteiger charge is -2.32. The quantitative estimate of drug-likeness (QED) is 0.172. The fraction of sp³-hybridized carbons (Fsp3) is 0.133. The number of aromatic nitrogens is 3. The molecule has 9 rings (SSSR count). The van der Waals surface area contributed by atoms with E-state index in [2.05, 4.69) is 134 Å². The van der Waals surface area contributed by atoms with Gasteiger partial charge in [0.25, 0.3) is 0 Å². The topological polar surface area (TPSA) is 38.7 Å². The van der Waals surface area contributed by atoms with Gasteiger partial charge in [0.15, 0.2) is 5.82 Å². The monoisotopic (exact) mass is 649 g/mol. The third kappa shape index (κ3) is 4.74. The van der Waals surface area contributed by atoms with Crippen LogP contribution in [0.25, 0.3) is 76.3 Å². The van der Waals surface area contributed by atoms with Crippen molar-refractivity contribution in [3.8, 4) is 56.0 Å². The van der Waals surface area contributed by atoms with Crippen molar-refractivity contribution in [2.75, 3.05) is 0 Å². The maximum Gasteiger partial charge on any atom is 0.160 e. The van der Waals surface area contributed by atoms with Gasteiger partial charge in [-0.1, -0.05) is 123 Å². The first kappa shape index (κ1) is 29.7. The van der Waals surface area contributed by atoms with Crippen molar-refractivity contribution in [1.29, 1.82) is 0 Å². The maximum atomic E-state index is 5.18. The van der Waals surface area contributed by atoms with Crippen molar-refractivity contribution in [2.45, 2.75) is 38.5 Å². The summed E-state index contributed by atoms with van der Waals surface area (Å²) in [7, 11) is 0. The van der Waals surface area contributed by atoms with Crippen molar-refractivity contribution in [2.24, 2.45) is 0 Å². The van der Waals surface area contributed by atoms with Crippen LogP contribution in [0.2, 0.25) is 0 Å². The van der Waals surface area contributed by atoms with E-state index in [1.54, 1.807) is 11.3 Å². The van der Waals surface area contributed by atoms with Crippen LogP contribution < -0.4 is 0 Å². The highest BCUT2D eigenvalue weighted by Gasteiger charge is 2.42. The summed E-state index contributed by atoms with van der Waals surface area (Å²) in [6.07, 6.45) is 7.04. The van der Waals surface area contributed by atoms with Crippen molar-refractivity contribution in [3.05, 3.63) is 151 Å². The summed E-state index contributed by atoms with van der Waals surface area (Å²) in [5.41, 5.74) is 14.7. The SMILES string of the molecule is CCCC1(CC)c2ccccc2-c2cccc(-c3ccc(-c4cccc(-c5nc(-c6ccncc6)c6sc7ccccc7c6n5)c4)cc3)c21. The van der Waals surface area contributed by atoms with Gasteiger partial charge in [-0.15, -0.1) is 11.3 Å². The van der Waals surface area contributed by atoms with Crippen LogP contribution in [-0.2, 0) is 5.41 Å². The molecule has 0 radical (unpaired) electrons. The molecule has 0 saturated heterocycles. The Morgan fingerprint density at radius 3 is 2.14 bits per heavy atom. The highest BCUT2D eigenvalue weighted by Crippen LogP contribution is 2.56. The predicted octanol–water partition coefficient (Wildman–Crippen LogP) is 12.4. The zero-order valence-corrected chi connectivity index (χ0v) is 28.5. The second-order valence-corrected chi connectivity index (χ2v) is 14.1. The molecule has 0 amide bonds. The van der Waals surface area contributed by atoms with E-state index in [4.69, 9.17) is 9.97 Å². The Morgan fingerprint density at radius 1 is 0.592 bits per heavy atom. The molecule has 0 N–H and O–H groups in total. The molecule has 1 aliphatic rings. The lowest BCUT2D eigenvalue weighted by Crippen LogP contribution is -2.24. The van der Waals surface area contributed by atoms with E-state index in [-0.39, 0.29) is 5.41 Å². The number of nitrogens with zero attached hydrogens (tertiary/aromatic N) is 3. The number of thiophene rings is 1.